The van der Waals surface area contributed by atoms with E-state index in [4.69, 9.17) is 10.8 Å². The average molecular weight is 225 g/mol. The number of benzene rings is 1. The van der Waals surface area contributed by atoms with Crippen LogP contribution in [0.4, 0.5) is 4.39 Å². The summed E-state index contributed by atoms with van der Waals surface area (Å²) in [6.07, 6.45) is 0.548. The highest BCUT2D eigenvalue weighted by molar-refractivity contribution is 5.28. The highest BCUT2D eigenvalue weighted by Gasteiger charge is 2.26. The topological polar surface area (TPSA) is 46.2 Å². The highest BCUT2D eigenvalue weighted by atomic mass is 19.1. The fraction of sp³-hybridized carbons (Fsp3) is 0.538. The minimum Gasteiger partial charge on any atom is -0.396 e. The van der Waals surface area contributed by atoms with E-state index in [1.165, 1.54) is 6.07 Å². The normalized spacial score (nSPS) is 13.9. The fourth-order valence-electron chi connectivity index (χ4n) is 1.92. The predicted molar refractivity (Wildman–Crippen MR) is 63.8 cm³/mol. The van der Waals surface area contributed by atoms with Crippen LogP contribution >= 0.6 is 0 Å². The van der Waals surface area contributed by atoms with Gasteiger partial charge < -0.3 is 10.8 Å². The third-order valence-corrected chi connectivity index (χ3v) is 2.91. The van der Waals surface area contributed by atoms with Crippen LogP contribution in [-0.2, 0) is 0 Å². The van der Waals surface area contributed by atoms with Crippen LogP contribution in [0.1, 0.15) is 37.3 Å². The first-order valence-electron chi connectivity index (χ1n) is 5.52. The predicted octanol–water partition coefficient (Wildman–Crippen LogP) is 2.34. The van der Waals surface area contributed by atoms with Crippen molar-refractivity contribution in [3.8, 4) is 0 Å². The van der Waals surface area contributed by atoms with Gasteiger partial charge in [-0.25, -0.2) is 4.39 Å². The molecule has 0 aliphatic rings. The Morgan fingerprint density at radius 1 is 1.44 bits per heavy atom. The first-order chi connectivity index (χ1) is 7.36. The van der Waals surface area contributed by atoms with Crippen molar-refractivity contribution in [3.63, 3.8) is 0 Å². The van der Waals surface area contributed by atoms with Crippen molar-refractivity contribution in [1.82, 2.24) is 0 Å². The van der Waals surface area contributed by atoms with Crippen molar-refractivity contribution < 1.29 is 9.50 Å². The van der Waals surface area contributed by atoms with Crippen molar-refractivity contribution in [2.75, 3.05) is 6.61 Å². The van der Waals surface area contributed by atoms with Crippen molar-refractivity contribution in [2.45, 2.75) is 38.6 Å². The molecule has 1 aromatic carbocycles. The first kappa shape index (κ1) is 13.1. The Labute approximate surface area is 96.3 Å². The summed E-state index contributed by atoms with van der Waals surface area (Å²) >= 11 is 0. The van der Waals surface area contributed by atoms with Crippen LogP contribution in [0.5, 0.6) is 0 Å². The summed E-state index contributed by atoms with van der Waals surface area (Å²) in [5.41, 5.74) is 7.06. The standard InChI is InChI=1S/C13H20FNO/c1-9-4-5-10(8-12(9)14)11(6-7-16)13(2,3)15/h4-5,8,11,16H,6-7,15H2,1-3H3. The second kappa shape index (κ2) is 4.93. The molecule has 3 heteroatoms. The van der Waals surface area contributed by atoms with E-state index in [1.54, 1.807) is 13.0 Å². The van der Waals surface area contributed by atoms with E-state index in [1.807, 2.05) is 19.9 Å². The van der Waals surface area contributed by atoms with Crippen LogP contribution in [0, 0.1) is 12.7 Å². The quantitative estimate of drug-likeness (QED) is 0.826. The monoisotopic (exact) mass is 225 g/mol. The van der Waals surface area contributed by atoms with E-state index in [-0.39, 0.29) is 18.3 Å². The van der Waals surface area contributed by atoms with Gasteiger partial charge in [-0.2, -0.15) is 0 Å². The van der Waals surface area contributed by atoms with Crippen molar-refractivity contribution in [2.24, 2.45) is 5.73 Å². The largest absolute Gasteiger partial charge is 0.396 e. The number of aryl methyl sites for hydroxylation is 1. The smallest absolute Gasteiger partial charge is 0.126 e. The fourth-order valence-corrected chi connectivity index (χ4v) is 1.92. The molecule has 0 heterocycles. The molecule has 0 fully saturated rings. The summed E-state index contributed by atoms with van der Waals surface area (Å²) in [6, 6.07) is 5.15. The molecule has 0 radical (unpaired) electrons. The molecule has 0 spiro atoms. The maximum absolute atomic E-state index is 13.5. The number of aliphatic hydroxyl groups is 1. The molecule has 1 atom stereocenters. The minimum atomic E-state index is -0.468. The highest BCUT2D eigenvalue weighted by Crippen LogP contribution is 2.30. The minimum absolute atomic E-state index is 0.0346. The maximum Gasteiger partial charge on any atom is 0.126 e. The van der Waals surface area contributed by atoms with Gasteiger partial charge in [0.25, 0.3) is 0 Å². The zero-order chi connectivity index (χ0) is 12.3. The number of hydrogen-bond acceptors (Lipinski definition) is 2. The third-order valence-electron chi connectivity index (χ3n) is 2.91. The van der Waals surface area contributed by atoms with Gasteiger partial charge in [0.1, 0.15) is 5.82 Å². The molecule has 0 aliphatic heterocycles. The van der Waals surface area contributed by atoms with Gasteiger partial charge in [-0.05, 0) is 44.4 Å². The number of aliphatic hydroxyl groups excluding tert-OH is 1. The summed E-state index contributed by atoms with van der Waals surface area (Å²) in [5.74, 6) is -0.253. The summed E-state index contributed by atoms with van der Waals surface area (Å²) in [4.78, 5) is 0. The Bertz CT molecular complexity index is 357. The Hall–Kier alpha value is -0.930. The Morgan fingerprint density at radius 2 is 2.06 bits per heavy atom. The van der Waals surface area contributed by atoms with Gasteiger partial charge in [-0.15, -0.1) is 0 Å². The van der Waals surface area contributed by atoms with Crippen molar-refractivity contribution in [1.29, 1.82) is 0 Å². The molecule has 90 valence electrons. The molecule has 3 N–H and O–H groups in total. The van der Waals surface area contributed by atoms with Crippen molar-refractivity contribution in [3.05, 3.63) is 35.1 Å². The van der Waals surface area contributed by atoms with Crippen molar-refractivity contribution >= 4 is 0 Å². The van der Waals surface area contributed by atoms with Gasteiger partial charge in [0.15, 0.2) is 0 Å². The van der Waals surface area contributed by atoms with Gasteiger partial charge in [-0.1, -0.05) is 12.1 Å². The van der Waals surface area contributed by atoms with E-state index in [9.17, 15) is 4.39 Å². The molecule has 0 saturated carbocycles. The van der Waals surface area contributed by atoms with Gasteiger partial charge in [-0.3, -0.25) is 0 Å². The lowest BCUT2D eigenvalue weighted by atomic mass is 9.80. The SMILES string of the molecule is Cc1ccc(C(CCO)C(C)(C)N)cc1F. The first-order valence-corrected chi connectivity index (χ1v) is 5.52. The molecule has 0 bridgehead atoms. The Morgan fingerprint density at radius 3 is 2.50 bits per heavy atom. The molecule has 2 nitrogen and oxygen atoms in total. The van der Waals surface area contributed by atoms with Gasteiger partial charge in [0, 0.05) is 18.1 Å². The molecule has 1 unspecified atom stereocenters. The molecular formula is C13H20FNO. The van der Waals surface area contributed by atoms with E-state index in [0.717, 1.165) is 5.56 Å². The van der Waals surface area contributed by atoms with Gasteiger partial charge in [0.2, 0.25) is 0 Å². The number of rotatable bonds is 4. The molecule has 0 aromatic heterocycles. The number of halogens is 1. The van der Waals surface area contributed by atoms with E-state index in [2.05, 4.69) is 0 Å². The maximum atomic E-state index is 13.5. The zero-order valence-electron chi connectivity index (χ0n) is 10.1. The number of hydrogen-bond donors (Lipinski definition) is 2. The van der Waals surface area contributed by atoms with E-state index in [0.29, 0.717) is 12.0 Å². The molecular weight excluding hydrogens is 205 g/mol. The lowest BCUT2D eigenvalue weighted by molar-refractivity contribution is 0.250. The molecule has 1 rings (SSSR count). The van der Waals surface area contributed by atoms with E-state index < -0.39 is 5.54 Å². The molecule has 0 amide bonds. The van der Waals surface area contributed by atoms with Crippen LogP contribution in [0.2, 0.25) is 0 Å². The summed E-state index contributed by atoms with van der Waals surface area (Å²) in [5, 5.41) is 9.04. The summed E-state index contributed by atoms with van der Waals surface area (Å²) in [6.45, 7) is 5.57. The van der Waals surface area contributed by atoms with E-state index >= 15 is 0 Å². The molecule has 16 heavy (non-hydrogen) atoms. The third kappa shape index (κ3) is 3.03. The average Bonchev–Trinajstić information content (AvgIpc) is 2.17. The lowest BCUT2D eigenvalue weighted by Crippen LogP contribution is -2.39. The van der Waals surface area contributed by atoms with Gasteiger partial charge >= 0.3 is 0 Å². The van der Waals surface area contributed by atoms with Crippen LogP contribution < -0.4 is 5.73 Å². The summed E-state index contributed by atoms with van der Waals surface area (Å²) < 4.78 is 13.5. The second-order valence-electron chi connectivity index (χ2n) is 4.89. The Kier molecular flexibility index (Phi) is 4.05. The molecule has 0 aliphatic carbocycles. The van der Waals surface area contributed by atoms with Crippen LogP contribution in [-0.4, -0.2) is 17.3 Å². The molecule has 0 saturated heterocycles. The van der Waals surface area contributed by atoms with Crippen LogP contribution in [0.25, 0.3) is 0 Å². The Balaban J connectivity index is 3.06. The van der Waals surface area contributed by atoms with Crippen LogP contribution in [0.3, 0.4) is 0 Å². The second-order valence-corrected chi connectivity index (χ2v) is 4.89. The number of nitrogens with two attached hydrogens (primary N) is 1. The summed E-state index contributed by atoms with van der Waals surface area (Å²) in [7, 11) is 0. The van der Waals surface area contributed by atoms with Crippen LogP contribution in [0.15, 0.2) is 18.2 Å². The zero-order valence-corrected chi connectivity index (χ0v) is 10.1. The van der Waals surface area contributed by atoms with Gasteiger partial charge in [0.05, 0.1) is 0 Å². The molecule has 1 aromatic rings. The lowest BCUT2D eigenvalue weighted by Gasteiger charge is -2.30.